The lowest BCUT2D eigenvalue weighted by molar-refractivity contribution is 0.473. The van der Waals surface area contributed by atoms with Crippen LogP contribution in [0.1, 0.15) is 44.7 Å². The first kappa shape index (κ1) is 12.3. The topological polar surface area (TPSA) is 0 Å². The van der Waals surface area contributed by atoms with Gasteiger partial charge in [0, 0.05) is 5.02 Å². The molecule has 0 nitrogen and oxygen atoms in total. The number of benzene rings is 1. The maximum atomic E-state index is 6.16. The lowest BCUT2D eigenvalue weighted by Gasteiger charge is -2.25. The molecule has 0 aliphatic rings. The lowest BCUT2D eigenvalue weighted by atomic mass is 9.80. The smallest absolute Gasteiger partial charge is 0.0481 e. The second-order valence-electron chi connectivity index (χ2n) is 4.57. The quantitative estimate of drug-likeness (QED) is 0.668. The minimum Gasteiger partial charge on any atom is -0.0984 e. The van der Waals surface area contributed by atoms with Gasteiger partial charge in [-0.15, -0.1) is 0 Å². The van der Waals surface area contributed by atoms with Gasteiger partial charge in [0.15, 0.2) is 0 Å². The molecule has 0 fully saturated rings. The van der Waals surface area contributed by atoms with Gasteiger partial charge in [-0.2, -0.15) is 0 Å². The number of halogens is 1. The van der Waals surface area contributed by atoms with Gasteiger partial charge in [0.05, 0.1) is 0 Å². The summed E-state index contributed by atoms with van der Waals surface area (Å²) >= 11 is 6.16. The van der Waals surface area contributed by atoms with Crippen molar-refractivity contribution < 1.29 is 0 Å². The summed E-state index contributed by atoms with van der Waals surface area (Å²) in [7, 11) is 0. The van der Waals surface area contributed by atoms with Gasteiger partial charge < -0.3 is 0 Å². The van der Waals surface area contributed by atoms with Gasteiger partial charge in [-0.25, -0.2) is 0 Å². The fourth-order valence-corrected chi connectivity index (χ4v) is 2.14. The van der Waals surface area contributed by atoms with Crippen LogP contribution in [-0.4, -0.2) is 0 Å². The Kier molecular flexibility index (Phi) is 3.98. The van der Waals surface area contributed by atoms with E-state index >= 15 is 0 Å². The molecule has 0 amide bonds. The molecule has 1 aromatic rings. The van der Waals surface area contributed by atoms with Crippen LogP contribution in [0.2, 0.25) is 5.02 Å². The summed E-state index contributed by atoms with van der Waals surface area (Å²) in [6, 6.07) is 6.26. The fourth-order valence-electron chi connectivity index (χ4n) is 1.88. The third kappa shape index (κ3) is 2.85. The van der Waals surface area contributed by atoms with E-state index in [2.05, 4.69) is 39.5 Å². The molecule has 0 saturated carbocycles. The molecule has 0 aliphatic heterocycles. The number of rotatable bonds is 4. The zero-order valence-corrected chi connectivity index (χ0v) is 10.6. The van der Waals surface area contributed by atoms with E-state index in [4.69, 9.17) is 11.6 Å². The third-order valence-electron chi connectivity index (χ3n) is 2.88. The van der Waals surface area contributed by atoms with Gasteiger partial charge >= 0.3 is 0 Å². The predicted molar refractivity (Wildman–Crippen MR) is 69.5 cm³/mol. The molecular weight excluding hydrogens is 204 g/mol. The first-order chi connectivity index (χ1) is 7.01. The number of hydrogen-bond acceptors (Lipinski definition) is 0. The van der Waals surface area contributed by atoms with Gasteiger partial charge in [-0.1, -0.05) is 63.6 Å². The Morgan fingerprint density at radius 1 is 1.40 bits per heavy atom. The average molecular weight is 223 g/mol. The van der Waals surface area contributed by atoms with Crippen molar-refractivity contribution >= 4 is 17.7 Å². The highest BCUT2D eigenvalue weighted by atomic mass is 35.5. The van der Waals surface area contributed by atoms with Crippen LogP contribution in [0.25, 0.3) is 6.08 Å². The van der Waals surface area contributed by atoms with E-state index in [0.29, 0.717) is 0 Å². The summed E-state index contributed by atoms with van der Waals surface area (Å²) in [5.41, 5.74) is 2.52. The monoisotopic (exact) mass is 222 g/mol. The highest BCUT2D eigenvalue weighted by molar-refractivity contribution is 6.32. The van der Waals surface area contributed by atoms with Crippen molar-refractivity contribution in [2.45, 2.75) is 39.0 Å². The SMILES string of the molecule is C=Cc1ccc(C(C)(C)CCC)cc1Cl. The molecule has 0 N–H and O–H groups in total. The van der Waals surface area contributed by atoms with Crippen molar-refractivity contribution in [2.75, 3.05) is 0 Å². The summed E-state index contributed by atoms with van der Waals surface area (Å²) in [6.07, 6.45) is 4.16. The van der Waals surface area contributed by atoms with Crippen LogP contribution >= 0.6 is 11.6 Å². The van der Waals surface area contributed by atoms with Gasteiger partial charge in [0.2, 0.25) is 0 Å². The normalized spacial score (nSPS) is 11.5. The highest BCUT2D eigenvalue weighted by Crippen LogP contribution is 2.31. The van der Waals surface area contributed by atoms with Gasteiger partial charge in [0.25, 0.3) is 0 Å². The summed E-state index contributed by atoms with van der Waals surface area (Å²) in [5.74, 6) is 0. The van der Waals surface area contributed by atoms with E-state index in [1.165, 1.54) is 18.4 Å². The van der Waals surface area contributed by atoms with E-state index in [-0.39, 0.29) is 5.41 Å². The maximum Gasteiger partial charge on any atom is 0.0481 e. The Hall–Kier alpha value is -0.750. The van der Waals surface area contributed by atoms with E-state index < -0.39 is 0 Å². The first-order valence-electron chi connectivity index (χ1n) is 5.43. The molecule has 0 aliphatic carbocycles. The van der Waals surface area contributed by atoms with Crippen LogP contribution < -0.4 is 0 Å². The van der Waals surface area contributed by atoms with E-state index in [9.17, 15) is 0 Å². The van der Waals surface area contributed by atoms with Gasteiger partial charge in [0.1, 0.15) is 0 Å². The number of hydrogen-bond donors (Lipinski definition) is 0. The molecule has 15 heavy (non-hydrogen) atoms. The van der Waals surface area contributed by atoms with Gasteiger partial charge in [-0.3, -0.25) is 0 Å². The molecule has 82 valence electrons. The molecule has 0 bridgehead atoms. The van der Waals surface area contributed by atoms with Crippen molar-refractivity contribution in [2.24, 2.45) is 0 Å². The second kappa shape index (κ2) is 4.85. The Bertz CT molecular complexity index is 350. The minimum absolute atomic E-state index is 0.206. The van der Waals surface area contributed by atoms with Crippen molar-refractivity contribution in [3.05, 3.63) is 40.9 Å². The molecule has 0 spiro atoms. The summed E-state index contributed by atoms with van der Waals surface area (Å²) in [5, 5.41) is 0.798. The predicted octanol–water partition coefficient (Wildman–Crippen LogP) is 5.06. The van der Waals surface area contributed by atoms with Crippen molar-refractivity contribution in [3.8, 4) is 0 Å². The lowest BCUT2D eigenvalue weighted by Crippen LogP contribution is -2.16. The van der Waals surface area contributed by atoms with Crippen LogP contribution in [-0.2, 0) is 5.41 Å². The van der Waals surface area contributed by atoms with Crippen LogP contribution in [0.5, 0.6) is 0 Å². The molecule has 0 saturated heterocycles. The summed E-state index contributed by atoms with van der Waals surface area (Å²) in [6.45, 7) is 10.5. The summed E-state index contributed by atoms with van der Waals surface area (Å²) in [4.78, 5) is 0. The standard InChI is InChI=1S/C14H19Cl/c1-5-9-14(3,4)12-8-7-11(6-2)13(15)10-12/h6-8,10H,2,5,9H2,1,3-4H3. The zero-order valence-electron chi connectivity index (χ0n) is 9.81. The van der Waals surface area contributed by atoms with Crippen LogP contribution in [0.15, 0.2) is 24.8 Å². The molecule has 0 aromatic heterocycles. The molecule has 1 heteroatoms. The van der Waals surface area contributed by atoms with E-state index in [0.717, 1.165) is 10.6 Å². The Morgan fingerprint density at radius 3 is 2.53 bits per heavy atom. The maximum absolute atomic E-state index is 6.16. The van der Waals surface area contributed by atoms with E-state index in [1.54, 1.807) is 6.08 Å². The molecule has 1 rings (SSSR count). The molecule has 0 heterocycles. The van der Waals surface area contributed by atoms with Gasteiger partial charge in [-0.05, 0) is 29.0 Å². The Labute approximate surface area is 98.0 Å². The first-order valence-corrected chi connectivity index (χ1v) is 5.81. The van der Waals surface area contributed by atoms with Crippen LogP contribution in [0, 0.1) is 0 Å². The average Bonchev–Trinajstić information content (AvgIpc) is 2.17. The Morgan fingerprint density at radius 2 is 2.07 bits per heavy atom. The highest BCUT2D eigenvalue weighted by Gasteiger charge is 2.19. The molecule has 0 unspecified atom stereocenters. The fraction of sp³-hybridized carbons (Fsp3) is 0.429. The van der Waals surface area contributed by atoms with Crippen molar-refractivity contribution in [1.29, 1.82) is 0 Å². The zero-order chi connectivity index (χ0) is 11.5. The van der Waals surface area contributed by atoms with Crippen molar-refractivity contribution in [3.63, 3.8) is 0 Å². The van der Waals surface area contributed by atoms with Crippen LogP contribution in [0.4, 0.5) is 0 Å². The summed E-state index contributed by atoms with van der Waals surface area (Å²) < 4.78 is 0. The van der Waals surface area contributed by atoms with Crippen LogP contribution in [0.3, 0.4) is 0 Å². The molecular formula is C14H19Cl. The minimum atomic E-state index is 0.206. The largest absolute Gasteiger partial charge is 0.0984 e. The van der Waals surface area contributed by atoms with Crippen molar-refractivity contribution in [1.82, 2.24) is 0 Å². The third-order valence-corrected chi connectivity index (χ3v) is 3.20. The molecule has 0 atom stereocenters. The second-order valence-corrected chi connectivity index (χ2v) is 4.98. The molecule has 0 radical (unpaired) electrons. The Balaban J connectivity index is 3.06. The molecule has 1 aromatic carbocycles. The van der Waals surface area contributed by atoms with E-state index in [1.807, 2.05) is 6.07 Å².